The van der Waals surface area contributed by atoms with Crippen LogP contribution < -0.4 is 20.9 Å². The van der Waals surface area contributed by atoms with Crippen molar-refractivity contribution in [1.82, 2.24) is 48.7 Å². The fourth-order valence-corrected chi connectivity index (χ4v) is 13.9. The van der Waals surface area contributed by atoms with E-state index >= 15 is 0 Å². The molecule has 0 spiro atoms. The fourth-order valence-electron chi connectivity index (χ4n) is 13.9. The highest BCUT2D eigenvalue weighted by atomic mass is 16.5. The third-order valence-electron chi connectivity index (χ3n) is 18.9. The number of aromatic nitrogens is 6. The Morgan fingerprint density at radius 1 is 0.526 bits per heavy atom. The lowest BCUT2D eigenvalue weighted by molar-refractivity contribution is -0.130. The number of Topliss-reactive ketones (excluding diaryl/α,β-unsaturated/α-hetero) is 1. The summed E-state index contributed by atoms with van der Waals surface area (Å²) < 4.78 is 17.9. The number of anilines is 2. The number of nitrogens with two attached hydrogens (primary N) is 2. The Labute approximate surface area is 456 Å². The first-order chi connectivity index (χ1) is 38.2. The maximum Gasteiger partial charge on any atom is 0.166 e. The standard InChI is InChI=1S/C63H70N12O3/c1-39(70-21-25-72(26-22-70)47-31-49(32-47)74-35-51(57-60(64)66-37-68-62(57)74)45-15-13-43-17-19-53(77-55(43)29-45)41-9-5-3-6-10-41)59(76)40(2)71-23-27-73(28-24-71)48-33-50(34-48)75-36-52(58-61(65)67-38-69-63(58)75)46-16-14-44-18-20-54(78-56(44)30-46)42-11-7-4-8-12-42/h3-16,29-30,35-40,47-50,53-54H,17-28,31-34H2,1-2H3,(H2,64,66,68)(H2,65,67,69)/t39?,40?,47-,48-,49+,50+,53?,54?. The number of piperazine rings is 2. The van der Waals surface area contributed by atoms with Gasteiger partial charge in [0, 0.05) is 100 Å². The summed E-state index contributed by atoms with van der Waals surface area (Å²) in [5.74, 6) is 3.21. The van der Waals surface area contributed by atoms with Gasteiger partial charge in [0.2, 0.25) is 0 Å². The summed E-state index contributed by atoms with van der Waals surface area (Å²) in [5.41, 5.74) is 24.1. The van der Waals surface area contributed by atoms with E-state index in [1.54, 1.807) is 12.7 Å². The topological polar surface area (TPSA) is 162 Å². The summed E-state index contributed by atoms with van der Waals surface area (Å²) in [5, 5.41) is 1.81. The van der Waals surface area contributed by atoms with Gasteiger partial charge < -0.3 is 30.1 Å². The van der Waals surface area contributed by atoms with Crippen molar-refractivity contribution in [1.29, 1.82) is 0 Å². The molecule has 8 aromatic rings. The van der Waals surface area contributed by atoms with Gasteiger partial charge in [-0.05, 0) is 111 Å². The third-order valence-corrected chi connectivity index (χ3v) is 18.9. The molecule has 15 heteroatoms. The zero-order chi connectivity index (χ0) is 52.6. The first-order valence-corrected chi connectivity index (χ1v) is 28.6. The van der Waals surface area contributed by atoms with Crippen LogP contribution in [0.4, 0.5) is 11.6 Å². The van der Waals surface area contributed by atoms with Crippen LogP contribution in [-0.4, -0.2) is 131 Å². The van der Waals surface area contributed by atoms with Crippen molar-refractivity contribution in [2.24, 2.45) is 0 Å². The normalized spacial score (nSPS) is 24.8. The zero-order valence-corrected chi connectivity index (χ0v) is 44.8. The summed E-state index contributed by atoms with van der Waals surface area (Å²) in [6.45, 7) is 11.7. The van der Waals surface area contributed by atoms with E-state index in [1.165, 1.54) is 22.3 Å². The third kappa shape index (κ3) is 8.88. The van der Waals surface area contributed by atoms with Gasteiger partial charge in [-0.15, -0.1) is 0 Å². The van der Waals surface area contributed by atoms with Gasteiger partial charge in [-0.25, -0.2) is 19.9 Å². The van der Waals surface area contributed by atoms with Crippen molar-refractivity contribution in [3.63, 3.8) is 0 Å². The molecule has 0 bridgehead atoms. The largest absolute Gasteiger partial charge is 0.485 e. The number of ether oxygens (including phenoxy) is 2. The number of carbonyl (C=O) groups is 1. The molecule has 4 fully saturated rings. The molecule has 0 radical (unpaired) electrons. The average Bonchev–Trinajstić information content (AvgIpc) is 4.23. The zero-order valence-electron chi connectivity index (χ0n) is 44.8. The van der Waals surface area contributed by atoms with E-state index in [2.05, 4.69) is 162 Å². The molecular weight excluding hydrogens is 973 g/mol. The van der Waals surface area contributed by atoms with E-state index in [-0.39, 0.29) is 24.3 Å². The first kappa shape index (κ1) is 49.1. The Balaban J connectivity index is 0.562. The molecule has 78 heavy (non-hydrogen) atoms. The minimum atomic E-state index is -0.117. The number of benzene rings is 4. The maximum absolute atomic E-state index is 14.2. The lowest BCUT2D eigenvalue weighted by Crippen LogP contribution is -2.60. The molecule has 4 N–H and O–H groups in total. The van der Waals surface area contributed by atoms with Crippen molar-refractivity contribution in [2.45, 2.75) is 114 Å². The molecule has 0 amide bonds. The fraction of sp³-hybridized carbons (Fsp3) is 0.413. The van der Waals surface area contributed by atoms with Crippen molar-refractivity contribution >= 4 is 39.5 Å². The lowest BCUT2D eigenvalue weighted by atomic mass is 9.84. The summed E-state index contributed by atoms with van der Waals surface area (Å²) in [6, 6.07) is 35.6. The highest BCUT2D eigenvalue weighted by molar-refractivity contribution is 6.02. The van der Waals surface area contributed by atoms with Crippen molar-refractivity contribution in [3.05, 3.63) is 144 Å². The SMILES string of the molecule is CC(C(=O)C(C)N1CCN([C@H]2C[C@@H](n3cc(-c4ccc5c(c4)OC(c4ccccc4)CC5)c4c(N)ncnc43)C2)CC1)N1CCN([C@H]2C[C@@H](n3cc(-c4ccc5c(c4)OC(c4ccccc4)CC5)c4c(N)ncnc43)C2)CC1. The number of fused-ring (bicyclic) bond motifs is 4. The molecule has 4 aromatic heterocycles. The Morgan fingerprint density at radius 3 is 1.35 bits per heavy atom. The number of aryl methyl sites for hydroxylation is 2. The smallest absolute Gasteiger partial charge is 0.166 e. The first-order valence-electron chi connectivity index (χ1n) is 28.6. The predicted octanol–water partition coefficient (Wildman–Crippen LogP) is 9.50. The van der Waals surface area contributed by atoms with E-state index in [1.807, 2.05) is 0 Å². The number of carbonyl (C=O) groups excluding carboxylic acids is 1. The monoisotopic (exact) mass is 1040 g/mol. The van der Waals surface area contributed by atoms with Gasteiger partial charge in [0.15, 0.2) is 5.78 Å². The van der Waals surface area contributed by atoms with Crippen molar-refractivity contribution in [3.8, 4) is 33.8 Å². The molecule has 2 aliphatic carbocycles. The second-order valence-corrected chi connectivity index (χ2v) is 23.0. The molecule has 8 heterocycles. The second kappa shape index (κ2) is 20.2. The molecule has 4 atom stereocenters. The van der Waals surface area contributed by atoms with E-state index in [9.17, 15) is 4.79 Å². The van der Waals surface area contributed by atoms with Crippen LogP contribution in [0.1, 0.15) is 98.9 Å². The molecule has 15 nitrogen and oxygen atoms in total. The molecule has 4 aliphatic heterocycles. The molecule has 4 unspecified atom stereocenters. The summed E-state index contributed by atoms with van der Waals surface area (Å²) >= 11 is 0. The number of ketones is 1. The highest BCUT2D eigenvalue weighted by Crippen LogP contribution is 2.46. The molecule has 14 rings (SSSR count). The van der Waals surface area contributed by atoms with E-state index < -0.39 is 0 Å². The van der Waals surface area contributed by atoms with Crippen LogP contribution in [0, 0.1) is 0 Å². The molecule has 6 aliphatic rings. The van der Waals surface area contributed by atoms with Crippen molar-refractivity contribution in [2.75, 3.05) is 63.8 Å². The van der Waals surface area contributed by atoms with Crippen LogP contribution in [0.2, 0.25) is 0 Å². The van der Waals surface area contributed by atoms with Crippen LogP contribution in [0.5, 0.6) is 11.5 Å². The van der Waals surface area contributed by atoms with Crippen molar-refractivity contribution < 1.29 is 14.3 Å². The van der Waals surface area contributed by atoms with Gasteiger partial charge in [-0.2, -0.15) is 0 Å². The maximum atomic E-state index is 14.2. The number of hydrogen-bond donors (Lipinski definition) is 2. The van der Waals surface area contributed by atoms with Crippen LogP contribution >= 0.6 is 0 Å². The van der Waals surface area contributed by atoms with Gasteiger partial charge >= 0.3 is 0 Å². The number of nitrogen functional groups attached to an aromatic ring is 2. The molecule has 4 aromatic carbocycles. The Bertz CT molecular complexity index is 3270. The van der Waals surface area contributed by atoms with Gasteiger partial charge in [0.1, 0.15) is 59.3 Å². The lowest BCUT2D eigenvalue weighted by Gasteiger charge is -2.48. The van der Waals surface area contributed by atoms with Gasteiger partial charge in [0.05, 0.1) is 22.9 Å². The summed E-state index contributed by atoms with van der Waals surface area (Å²) in [4.78, 5) is 42.8. The minimum absolute atomic E-state index is 0.0380. The molecule has 400 valence electrons. The van der Waals surface area contributed by atoms with E-state index in [0.29, 0.717) is 41.6 Å². The Morgan fingerprint density at radius 2 is 0.936 bits per heavy atom. The van der Waals surface area contributed by atoms with Gasteiger partial charge in [0.25, 0.3) is 0 Å². The molecular formula is C63H70N12O3. The van der Waals surface area contributed by atoms with Gasteiger partial charge in [-0.1, -0.05) is 84.9 Å². The van der Waals surface area contributed by atoms with E-state index in [0.717, 1.165) is 160 Å². The van der Waals surface area contributed by atoms with E-state index in [4.69, 9.17) is 30.9 Å². The summed E-state index contributed by atoms with van der Waals surface area (Å²) in [6.07, 6.45) is 15.8. The molecule has 2 saturated carbocycles. The Hall–Kier alpha value is -7.17. The second-order valence-electron chi connectivity index (χ2n) is 23.0. The highest BCUT2D eigenvalue weighted by Gasteiger charge is 2.41. The van der Waals surface area contributed by atoms with Crippen LogP contribution in [0.15, 0.2) is 122 Å². The van der Waals surface area contributed by atoms with Crippen LogP contribution in [0.25, 0.3) is 44.3 Å². The average molecular weight is 1040 g/mol. The number of hydrogen-bond acceptors (Lipinski definition) is 13. The summed E-state index contributed by atoms with van der Waals surface area (Å²) in [7, 11) is 0. The number of rotatable bonds is 12. The quantitative estimate of drug-likeness (QED) is 0.119. The van der Waals surface area contributed by atoms with Crippen LogP contribution in [-0.2, 0) is 17.6 Å². The number of nitrogens with zero attached hydrogens (tertiary/aromatic N) is 10. The van der Waals surface area contributed by atoms with Gasteiger partial charge in [-0.3, -0.25) is 24.4 Å². The predicted molar refractivity (Wildman–Crippen MR) is 305 cm³/mol. The Kier molecular flexibility index (Phi) is 12.8. The minimum Gasteiger partial charge on any atom is -0.485 e. The molecule has 2 saturated heterocycles. The van der Waals surface area contributed by atoms with Crippen LogP contribution in [0.3, 0.4) is 0 Å².